The minimum absolute atomic E-state index is 0.192. The molecule has 0 unspecified atom stereocenters. The first-order valence-corrected chi connectivity index (χ1v) is 5.93. The number of ether oxygens (including phenoxy) is 1. The van der Waals surface area contributed by atoms with Crippen LogP contribution in [-0.4, -0.2) is 21.4 Å². The average molecular weight is 261 g/mol. The minimum atomic E-state index is -0.988. The van der Waals surface area contributed by atoms with Crippen LogP contribution in [0.3, 0.4) is 0 Å². The van der Waals surface area contributed by atoms with Crippen LogP contribution in [0.5, 0.6) is 0 Å². The van der Waals surface area contributed by atoms with Crippen molar-refractivity contribution in [3.63, 3.8) is 0 Å². The minimum Gasteiger partial charge on any atom is -0.477 e. The van der Waals surface area contributed by atoms with Crippen LogP contribution in [0.2, 0.25) is 0 Å². The van der Waals surface area contributed by atoms with Crippen LogP contribution >= 0.6 is 11.5 Å². The molecule has 18 heavy (non-hydrogen) atoms. The van der Waals surface area contributed by atoms with Crippen molar-refractivity contribution in [2.45, 2.75) is 6.61 Å². The van der Waals surface area contributed by atoms with Crippen molar-refractivity contribution in [3.05, 3.63) is 40.3 Å². The number of benzene rings is 1. The molecule has 0 saturated carbocycles. The Morgan fingerprint density at radius 1 is 1.39 bits per heavy atom. The van der Waals surface area contributed by atoms with Crippen molar-refractivity contribution in [2.75, 3.05) is 0 Å². The van der Waals surface area contributed by atoms with Gasteiger partial charge in [0.15, 0.2) is 0 Å². The largest absolute Gasteiger partial charge is 0.477 e. The van der Waals surface area contributed by atoms with E-state index < -0.39 is 5.97 Å². The fourth-order valence-electron chi connectivity index (χ4n) is 1.80. The second-order valence-corrected chi connectivity index (χ2v) is 4.63. The summed E-state index contributed by atoms with van der Waals surface area (Å²) in [5.41, 5.74) is 2.75. The van der Waals surface area contributed by atoms with Gasteiger partial charge in [-0.2, -0.15) is 4.37 Å². The molecule has 1 N–H and O–H groups in total. The number of aromatic nitrogens is 1. The van der Waals surface area contributed by atoms with E-state index in [1.54, 1.807) is 18.2 Å². The molecule has 2 aromatic rings. The van der Waals surface area contributed by atoms with Gasteiger partial charge in [0.25, 0.3) is 0 Å². The lowest BCUT2D eigenvalue weighted by Crippen LogP contribution is -1.93. The number of carbonyl (C=O) groups excluding carboxylic acids is 1. The maximum Gasteiger partial charge on any atom is 0.347 e. The van der Waals surface area contributed by atoms with Crippen LogP contribution in [0.15, 0.2) is 24.3 Å². The van der Waals surface area contributed by atoms with Crippen LogP contribution in [0.25, 0.3) is 11.3 Å². The molecule has 0 atom stereocenters. The first-order chi connectivity index (χ1) is 8.65. The van der Waals surface area contributed by atoms with Gasteiger partial charge in [0, 0.05) is 11.1 Å². The highest BCUT2D eigenvalue weighted by Gasteiger charge is 2.21. The topological polar surface area (TPSA) is 76.5 Å². The number of carboxylic acids is 1. The van der Waals surface area contributed by atoms with Crippen LogP contribution < -0.4 is 0 Å². The molecule has 3 rings (SSSR count). The SMILES string of the molecule is O=C(O)c1cc(-c2ccc3c(c2)COC3=O)ns1. The molecule has 0 aliphatic carbocycles. The summed E-state index contributed by atoms with van der Waals surface area (Å²) in [6.45, 7) is 0.262. The summed E-state index contributed by atoms with van der Waals surface area (Å²) in [6.07, 6.45) is 0. The number of fused-ring (bicyclic) bond motifs is 1. The van der Waals surface area contributed by atoms with E-state index in [0.717, 1.165) is 22.7 Å². The van der Waals surface area contributed by atoms with E-state index in [1.165, 1.54) is 6.07 Å². The van der Waals surface area contributed by atoms with E-state index in [4.69, 9.17) is 9.84 Å². The fourth-order valence-corrected chi connectivity index (χ4v) is 2.40. The molecule has 0 bridgehead atoms. The molecule has 0 spiro atoms. The lowest BCUT2D eigenvalue weighted by atomic mass is 10.0. The van der Waals surface area contributed by atoms with E-state index in [9.17, 15) is 9.59 Å². The summed E-state index contributed by atoms with van der Waals surface area (Å²) < 4.78 is 8.99. The molecule has 90 valence electrons. The van der Waals surface area contributed by atoms with Crippen molar-refractivity contribution in [1.29, 1.82) is 0 Å². The van der Waals surface area contributed by atoms with Gasteiger partial charge in [-0.25, -0.2) is 9.59 Å². The standard InChI is InChI=1S/C12H7NO4S/c14-11(15)10-4-9(13-18-10)6-1-2-8-7(3-6)5-17-12(8)16/h1-4H,5H2,(H,14,15). The fraction of sp³-hybridized carbons (Fsp3) is 0.0833. The quantitative estimate of drug-likeness (QED) is 0.838. The Morgan fingerprint density at radius 2 is 2.22 bits per heavy atom. The van der Waals surface area contributed by atoms with Gasteiger partial charge in [-0.05, 0) is 29.7 Å². The monoisotopic (exact) mass is 261 g/mol. The third kappa shape index (κ3) is 1.67. The molecular weight excluding hydrogens is 254 g/mol. The first-order valence-electron chi connectivity index (χ1n) is 5.15. The number of hydrogen-bond donors (Lipinski definition) is 1. The molecule has 0 fully saturated rings. The number of cyclic esters (lactones) is 1. The predicted octanol–water partition coefficient (Wildman–Crippen LogP) is 2.18. The molecule has 1 aromatic heterocycles. The van der Waals surface area contributed by atoms with Crippen molar-refractivity contribution in [3.8, 4) is 11.3 Å². The summed E-state index contributed by atoms with van der Waals surface area (Å²) in [4.78, 5) is 22.3. The molecule has 6 heteroatoms. The van der Waals surface area contributed by atoms with Crippen LogP contribution in [0.1, 0.15) is 25.6 Å². The van der Waals surface area contributed by atoms with Crippen LogP contribution in [-0.2, 0) is 11.3 Å². The predicted molar refractivity (Wildman–Crippen MR) is 63.6 cm³/mol. The number of aromatic carboxylic acids is 1. The van der Waals surface area contributed by atoms with E-state index >= 15 is 0 Å². The molecule has 0 saturated heterocycles. The van der Waals surface area contributed by atoms with Gasteiger partial charge in [0.05, 0.1) is 11.3 Å². The maximum absolute atomic E-state index is 11.3. The summed E-state index contributed by atoms with van der Waals surface area (Å²) in [6, 6.07) is 6.75. The molecule has 1 aliphatic rings. The lowest BCUT2D eigenvalue weighted by Gasteiger charge is -1.98. The zero-order valence-corrected chi connectivity index (χ0v) is 9.86. The van der Waals surface area contributed by atoms with E-state index in [-0.39, 0.29) is 17.5 Å². The summed E-state index contributed by atoms with van der Waals surface area (Å²) >= 11 is 0.939. The zero-order valence-electron chi connectivity index (χ0n) is 9.04. The van der Waals surface area contributed by atoms with Gasteiger partial charge in [-0.15, -0.1) is 0 Å². The molecule has 0 amide bonds. The maximum atomic E-state index is 11.3. The molecule has 5 nitrogen and oxygen atoms in total. The highest BCUT2D eigenvalue weighted by Crippen LogP contribution is 2.27. The van der Waals surface area contributed by atoms with Gasteiger partial charge in [-0.3, -0.25) is 0 Å². The Labute approximate surface area is 106 Å². The third-order valence-electron chi connectivity index (χ3n) is 2.70. The Kier molecular flexibility index (Phi) is 2.38. The zero-order chi connectivity index (χ0) is 12.7. The Morgan fingerprint density at radius 3 is 2.94 bits per heavy atom. The average Bonchev–Trinajstić information content (AvgIpc) is 2.96. The second kappa shape index (κ2) is 3.92. The number of esters is 1. The molecule has 1 aromatic carbocycles. The number of hydrogen-bond acceptors (Lipinski definition) is 5. The van der Waals surface area contributed by atoms with Crippen LogP contribution in [0.4, 0.5) is 0 Å². The first kappa shape index (κ1) is 10.9. The smallest absolute Gasteiger partial charge is 0.347 e. The van der Waals surface area contributed by atoms with Gasteiger partial charge < -0.3 is 9.84 Å². The number of rotatable bonds is 2. The summed E-state index contributed by atoms with van der Waals surface area (Å²) in [5, 5.41) is 8.84. The highest BCUT2D eigenvalue weighted by molar-refractivity contribution is 7.08. The Hall–Kier alpha value is -2.21. The van der Waals surface area contributed by atoms with E-state index in [0.29, 0.717) is 11.3 Å². The molecule has 2 heterocycles. The van der Waals surface area contributed by atoms with Crippen LogP contribution in [0, 0.1) is 0 Å². The highest BCUT2D eigenvalue weighted by atomic mass is 32.1. The summed E-state index contributed by atoms with van der Waals surface area (Å²) in [7, 11) is 0. The molecular formula is C12H7NO4S. The Balaban J connectivity index is 2.02. The van der Waals surface area contributed by atoms with Gasteiger partial charge in [0.2, 0.25) is 0 Å². The molecule has 1 aliphatic heterocycles. The number of carboxylic acid groups (broad SMARTS) is 1. The second-order valence-electron chi connectivity index (χ2n) is 3.83. The van der Waals surface area contributed by atoms with Crippen molar-refractivity contribution >= 4 is 23.5 Å². The summed E-state index contributed by atoms with van der Waals surface area (Å²) in [5.74, 6) is -1.31. The Bertz CT molecular complexity index is 662. The van der Waals surface area contributed by atoms with E-state index in [2.05, 4.69) is 4.37 Å². The van der Waals surface area contributed by atoms with E-state index in [1.807, 2.05) is 0 Å². The van der Waals surface area contributed by atoms with Gasteiger partial charge in [0.1, 0.15) is 11.5 Å². The van der Waals surface area contributed by atoms with Crippen molar-refractivity contribution in [1.82, 2.24) is 4.37 Å². The lowest BCUT2D eigenvalue weighted by molar-refractivity contribution is 0.0534. The third-order valence-corrected chi connectivity index (χ3v) is 3.48. The molecule has 0 radical (unpaired) electrons. The van der Waals surface area contributed by atoms with Gasteiger partial charge in [-0.1, -0.05) is 6.07 Å². The normalized spacial score (nSPS) is 13.2. The van der Waals surface area contributed by atoms with Crippen molar-refractivity contribution in [2.24, 2.45) is 0 Å². The van der Waals surface area contributed by atoms with Gasteiger partial charge >= 0.3 is 11.9 Å². The number of carbonyl (C=O) groups is 2. The van der Waals surface area contributed by atoms with Crippen molar-refractivity contribution < 1.29 is 19.4 Å². The number of nitrogens with zero attached hydrogens (tertiary/aromatic N) is 1.